The van der Waals surface area contributed by atoms with Crippen molar-refractivity contribution >= 4 is 40.1 Å². The highest BCUT2D eigenvalue weighted by Gasteiger charge is 2.21. The molecule has 3 N–H and O–H groups in total. The molecule has 7 nitrogen and oxygen atoms in total. The number of primary sulfonamides is 1. The second-order valence-corrected chi connectivity index (χ2v) is 8.57. The number of nitrogens with two attached hydrogens (primary N) is 1. The van der Waals surface area contributed by atoms with E-state index in [1.165, 1.54) is 23.9 Å². The predicted molar refractivity (Wildman–Crippen MR) is 107 cm³/mol. The van der Waals surface area contributed by atoms with Crippen LogP contribution in [0, 0.1) is 0 Å². The zero-order chi connectivity index (χ0) is 18.3. The number of nitrogens with one attached hydrogen (secondary N) is 1. The van der Waals surface area contributed by atoms with Gasteiger partial charge >= 0.3 is 0 Å². The van der Waals surface area contributed by atoms with Crippen molar-refractivity contribution in [3.8, 4) is 5.75 Å². The Morgan fingerprint density at radius 2 is 1.92 bits per heavy atom. The third-order valence-electron chi connectivity index (χ3n) is 4.12. The molecule has 0 radical (unpaired) electrons. The number of benzene rings is 1. The lowest BCUT2D eigenvalue weighted by molar-refractivity contribution is -0.129. The Kier molecular flexibility index (Phi) is 9.73. The smallest absolute Gasteiger partial charge is 0.238 e. The second-order valence-electron chi connectivity index (χ2n) is 5.90. The van der Waals surface area contributed by atoms with Crippen molar-refractivity contribution in [3.63, 3.8) is 0 Å². The number of carbonyl (C=O) groups excluding carboxylic acids is 1. The van der Waals surface area contributed by atoms with Crippen molar-refractivity contribution in [1.82, 2.24) is 10.2 Å². The van der Waals surface area contributed by atoms with Gasteiger partial charge in [-0.1, -0.05) is 0 Å². The van der Waals surface area contributed by atoms with Gasteiger partial charge in [-0.15, -0.1) is 24.2 Å². The van der Waals surface area contributed by atoms with Crippen molar-refractivity contribution in [1.29, 1.82) is 0 Å². The van der Waals surface area contributed by atoms with Gasteiger partial charge in [0.05, 0.1) is 17.3 Å². The SMILES string of the molecule is CN(C(=O)CSCCOc1ccc(S(N)(=O)=O)cc1)C1CCNCC1.Cl. The van der Waals surface area contributed by atoms with E-state index < -0.39 is 10.0 Å². The van der Waals surface area contributed by atoms with E-state index in [2.05, 4.69) is 5.32 Å². The number of nitrogens with zero attached hydrogens (tertiary/aromatic N) is 1. The summed E-state index contributed by atoms with van der Waals surface area (Å²) in [6.45, 7) is 2.38. The van der Waals surface area contributed by atoms with Crippen LogP contribution in [0.2, 0.25) is 0 Å². The monoisotopic (exact) mass is 423 g/mol. The quantitative estimate of drug-likeness (QED) is 0.606. The molecule has 0 bridgehead atoms. The van der Waals surface area contributed by atoms with Crippen LogP contribution in [0.1, 0.15) is 12.8 Å². The first-order chi connectivity index (χ1) is 11.9. The zero-order valence-corrected chi connectivity index (χ0v) is 17.2. The summed E-state index contributed by atoms with van der Waals surface area (Å²) in [5.74, 6) is 1.84. The van der Waals surface area contributed by atoms with Gasteiger partial charge in [0.15, 0.2) is 0 Å². The minimum atomic E-state index is -3.68. The molecule has 1 fully saturated rings. The van der Waals surface area contributed by atoms with Crippen LogP contribution >= 0.6 is 24.2 Å². The fraction of sp³-hybridized carbons (Fsp3) is 0.562. The average molecular weight is 424 g/mol. The maximum absolute atomic E-state index is 12.2. The number of amides is 1. The first-order valence-electron chi connectivity index (χ1n) is 8.17. The fourth-order valence-electron chi connectivity index (χ4n) is 2.60. The Labute approximate surface area is 165 Å². The number of sulfonamides is 1. The van der Waals surface area contributed by atoms with Gasteiger partial charge in [0.2, 0.25) is 15.9 Å². The summed E-state index contributed by atoms with van der Waals surface area (Å²) in [5.41, 5.74) is 0. The summed E-state index contributed by atoms with van der Waals surface area (Å²) in [7, 11) is -1.80. The lowest BCUT2D eigenvalue weighted by atomic mass is 10.1. The van der Waals surface area contributed by atoms with E-state index in [0.29, 0.717) is 29.9 Å². The molecule has 0 spiro atoms. The Morgan fingerprint density at radius 1 is 1.31 bits per heavy atom. The molecule has 1 saturated heterocycles. The van der Waals surface area contributed by atoms with Crippen LogP contribution in [-0.2, 0) is 14.8 Å². The molecule has 1 heterocycles. The summed E-state index contributed by atoms with van der Waals surface area (Å²) in [5, 5.41) is 8.34. The maximum atomic E-state index is 12.2. The van der Waals surface area contributed by atoms with Crippen molar-refractivity contribution in [2.75, 3.05) is 38.2 Å². The maximum Gasteiger partial charge on any atom is 0.238 e. The molecule has 1 aromatic carbocycles. The van der Waals surface area contributed by atoms with Gasteiger partial charge in [-0.3, -0.25) is 4.79 Å². The lowest BCUT2D eigenvalue weighted by Gasteiger charge is -2.31. The molecule has 1 aliphatic rings. The van der Waals surface area contributed by atoms with Crippen LogP contribution in [0.15, 0.2) is 29.2 Å². The Bertz CT molecular complexity index is 665. The molecule has 0 saturated carbocycles. The van der Waals surface area contributed by atoms with Gasteiger partial charge in [-0.05, 0) is 50.2 Å². The van der Waals surface area contributed by atoms with Crippen LogP contribution in [0.5, 0.6) is 5.75 Å². The van der Waals surface area contributed by atoms with E-state index >= 15 is 0 Å². The van der Waals surface area contributed by atoms with Gasteiger partial charge in [0, 0.05) is 18.8 Å². The van der Waals surface area contributed by atoms with E-state index in [0.717, 1.165) is 25.9 Å². The highest BCUT2D eigenvalue weighted by atomic mass is 35.5. The van der Waals surface area contributed by atoms with Gasteiger partial charge in [0.1, 0.15) is 5.75 Å². The molecule has 1 aromatic rings. The topological polar surface area (TPSA) is 102 Å². The van der Waals surface area contributed by atoms with E-state index in [-0.39, 0.29) is 23.2 Å². The largest absolute Gasteiger partial charge is 0.493 e. The zero-order valence-electron chi connectivity index (χ0n) is 14.7. The van der Waals surface area contributed by atoms with Crippen LogP contribution in [0.4, 0.5) is 0 Å². The van der Waals surface area contributed by atoms with Crippen LogP contribution in [-0.4, -0.2) is 63.5 Å². The molecule has 0 aromatic heterocycles. The summed E-state index contributed by atoms with van der Waals surface area (Å²) < 4.78 is 27.9. The van der Waals surface area contributed by atoms with Crippen molar-refractivity contribution in [2.24, 2.45) is 5.14 Å². The first-order valence-corrected chi connectivity index (χ1v) is 10.9. The average Bonchev–Trinajstić information content (AvgIpc) is 2.61. The summed E-state index contributed by atoms with van der Waals surface area (Å²) in [6, 6.07) is 6.30. The number of carbonyl (C=O) groups is 1. The highest BCUT2D eigenvalue weighted by Crippen LogP contribution is 2.16. The number of thioether (sulfide) groups is 1. The van der Waals surface area contributed by atoms with Crippen LogP contribution in [0.3, 0.4) is 0 Å². The number of hydrogen-bond acceptors (Lipinski definition) is 6. The number of ether oxygens (including phenoxy) is 1. The lowest BCUT2D eigenvalue weighted by Crippen LogP contribution is -2.44. The Morgan fingerprint density at radius 3 is 2.50 bits per heavy atom. The van der Waals surface area contributed by atoms with Crippen molar-refractivity contribution in [2.45, 2.75) is 23.8 Å². The second kappa shape index (κ2) is 11.0. The molecular formula is C16H26ClN3O4S2. The number of piperidine rings is 1. The molecule has 2 rings (SSSR count). The van der Waals surface area contributed by atoms with Crippen LogP contribution < -0.4 is 15.2 Å². The normalized spacial score (nSPS) is 15.2. The molecule has 0 atom stereocenters. The number of rotatable bonds is 8. The summed E-state index contributed by atoms with van der Waals surface area (Å²) in [4.78, 5) is 14.1. The molecule has 1 aliphatic heterocycles. The molecular weight excluding hydrogens is 398 g/mol. The number of hydrogen-bond donors (Lipinski definition) is 2. The summed E-state index contributed by atoms with van der Waals surface area (Å²) >= 11 is 1.53. The van der Waals surface area contributed by atoms with Crippen molar-refractivity contribution in [3.05, 3.63) is 24.3 Å². The van der Waals surface area contributed by atoms with E-state index in [1.807, 2.05) is 11.9 Å². The molecule has 26 heavy (non-hydrogen) atoms. The van der Waals surface area contributed by atoms with Gasteiger partial charge in [-0.2, -0.15) is 0 Å². The molecule has 0 unspecified atom stereocenters. The van der Waals surface area contributed by atoms with Gasteiger partial charge in [0.25, 0.3) is 0 Å². The van der Waals surface area contributed by atoms with E-state index in [1.54, 1.807) is 12.1 Å². The number of halogens is 1. The molecule has 10 heteroatoms. The highest BCUT2D eigenvalue weighted by molar-refractivity contribution is 7.99. The third kappa shape index (κ3) is 7.32. The first kappa shape index (κ1) is 23.0. The Hall–Kier alpha value is -1.00. The molecule has 1 amide bonds. The standard InChI is InChI=1S/C16H25N3O4S2.ClH/c1-19(13-6-8-18-9-7-13)16(20)12-24-11-10-23-14-2-4-15(5-3-14)25(17,21)22;/h2-5,13,18H,6-12H2,1H3,(H2,17,21,22);1H. The predicted octanol–water partition coefficient (Wildman–Crippen LogP) is 1.08. The van der Waals surface area contributed by atoms with E-state index in [4.69, 9.17) is 9.88 Å². The van der Waals surface area contributed by atoms with Gasteiger partial charge in [-0.25, -0.2) is 13.6 Å². The molecule has 0 aliphatic carbocycles. The fourth-order valence-corrected chi connectivity index (χ4v) is 3.84. The summed E-state index contributed by atoms with van der Waals surface area (Å²) in [6.07, 6.45) is 2.01. The molecule has 148 valence electrons. The van der Waals surface area contributed by atoms with Crippen molar-refractivity contribution < 1.29 is 17.9 Å². The third-order valence-corrected chi connectivity index (χ3v) is 5.96. The minimum Gasteiger partial charge on any atom is -0.493 e. The van der Waals surface area contributed by atoms with Crippen LogP contribution in [0.25, 0.3) is 0 Å². The van der Waals surface area contributed by atoms with Gasteiger partial charge < -0.3 is 15.0 Å². The Balaban J connectivity index is 0.00000338. The minimum absolute atomic E-state index is 0. The van der Waals surface area contributed by atoms with E-state index in [9.17, 15) is 13.2 Å².